The van der Waals surface area contributed by atoms with E-state index in [4.69, 9.17) is 4.98 Å². The zero-order valence-corrected chi connectivity index (χ0v) is 14.4. The van der Waals surface area contributed by atoms with Gasteiger partial charge in [0.05, 0.1) is 17.4 Å². The molecule has 4 rings (SSSR count). The maximum Gasteiger partial charge on any atom is 0.184 e. The molecule has 0 saturated heterocycles. The number of anilines is 1. The molecule has 1 N–H and O–H groups in total. The lowest BCUT2D eigenvalue weighted by Crippen LogP contribution is -2.13. The average molecular weight is 343 g/mol. The molecule has 0 fully saturated rings. The normalized spacial score (nSPS) is 11.8. The fourth-order valence-corrected chi connectivity index (χ4v) is 3.47. The molecule has 25 heavy (non-hydrogen) atoms. The second-order valence-corrected chi connectivity index (χ2v) is 6.50. The van der Waals surface area contributed by atoms with Crippen LogP contribution in [0.5, 0.6) is 0 Å². The summed E-state index contributed by atoms with van der Waals surface area (Å²) in [6.45, 7) is 0. The fraction of sp³-hybridized carbons (Fsp3) is 0.0476. The van der Waals surface area contributed by atoms with Gasteiger partial charge in [-0.25, -0.2) is 4.98 Å². The number of aromatic nitrogens is 2. The molecule has 0 aliphatic heterocycles. The van der Waals surface area contributed by atoms with Crippen LogP contribution in [0.2, 0.25) is 0 Å². The summed E-state index contributed by atoms with van der Waals surface area (Å²) in [6.07, 6.45) is 1.82. The zero-order valence-electron chi connectivity index (χ0n) is 13.5. The van der Waals surface area contributed by atoms with Gasteiger partial charge in [0.25, 0.3) is 0 Å². The molecule has 0 spiro atoms. The van der Waals surface area contributed by atoms with Crippen molar-refractivity contribution < 1.29 is 0 Å². The van der Waals surface area contributed by atoms with Crippen LogP contribution in [-0.4, -0.2) is 9.97 Å². The number of rotatable bonds is 5. The van der Waals surface area contributed by atoms with E-state index < -0.39 is 0 Å². The lowest BCUT2D eigenvalue weighted by molar-refractivity contribution is 0.884. The van der Waals surface area contributed by atoms with Gasteiger partial charge in [0.15, 0.2) is 5.13 Å². The van der Waals surface area contributed by atoms with Gasteiger partial charge in [-0.2, -0.15) is 0 Å². The van der Waals surface area contributed by atoms with Gasteiger partial charge in [0.2, 0.25) is 0 Å². The van der Waals surface area contributed by atoms with E-state index in [9.17, 15) is 0 Å². The molecule has 0 saturated carbocycles. The van der Waals surface area contributed by atoms with Crippen molar-refractivity contribution in [2.24, 2.45) is 0 Å². The summed E-state index contributed by atoms with van der Waals surface area (Å²) < 4.78 is 0. The van der Waals surface area contributed by atoms with Crippen molar-refractivity contribution in [2.75, 3.05) is 5.32 Å². The van der Waals surface area contributed by atoms with E-state index in [-0.39, 0.29) is 6.04 Å². The monoisotopic (exact) mass is 343 g/mol. The molecule has 1 atom stereocenters. The number of benzene rings is 2. The smallest absolute Gasteiger partial charge is 0.184 e. The predicted octanol–water partition coefficient (Wildman–Crippen LogP) is 5.41. The van der Waals surface area contributed by atoms with Crippen molar-refractivity contribution in [1.29, 1.82) is 0 Å². The van der Waals surface area contributed by atoms with E-state index in [2.05, 4.69) is 39.9 Å². The van der Waals surface area contributed by atoms with E-state index in [1.807, 2.05) is 60.8 Å². The highest BCUT2D eigenvalue weighted by Gasteiger charge is 2.16. The Kier molecular flexibility index (Phi) is 4.53. The third kappa shape index (κ3) is 3.59. The molecule has 0 radical (unpaired) electrons. The second kappa shape index (κ2) is 7.28. The highest BCUT2D eigenvalue weighted by atomic mass is 32.1. The molecule has 0 aliphatic rings. The minimum Gasteiger partial charge on any atom is -0.349 e. The Hall–Kier alpha value is -2.98. The van der Waals surface area contributed by atoms with Crippen LogP contribution in [0.1, 0.15) is 17.3 Å². The van der Waals surface area contributed by atoms with Crippen molar-refractivity contribution >= 4 is 16.5 Å². The maximum absolute atomic E-state index is 4.75. The van der Waals surface area contributed by atoms with E-state index in [0.717, 1.165) is 27.6 Å². The average Bonchev–Trinajstić information content (AvgIpc) is 3.17. The van der Waals surface area contributed by atoms with Crippen molar-refractivity contribution in [3.05, 3.63) is 102 Å². The van der Waals surface area contributed by atoms with Crippen molar-refractivity contribution in [2.45, 2.75) is 6.04 Å². The van der Waals surface area contributed by atoms with Gasteiger partial charge < -0.3 is 5.32 Å². The minimum atomic E-state index is -0.0304. The summed E-state index contributed by atoms with van der Waals surface area (Å²) in [6, 6.07) is 26.5. The van der Waals surface area contributed by atoms with Crippen LogP contribution in [0.4, 0.5) is 5.13 Å². The lowest BCUT2D eigenvalue weighted by atomic mass is 10.0. The molecule has 2 aromatic carbocycles. The van der Waals surface area contributed by atoms with Crippen LogP contribution in [0, 0.1) is 0 Å². The van der Waals surface area contributed by atoms with E-state index in [0.29, 0.717) is 0 Å². The Morgan fingerprint density at radius 1 is 0.800 bits per heavy atom. The number of hydrogen-bond donors (Lipinski definition) is 1. The van der Waals surface area contributed by atoms with Crippen LogP contribution in [0.3, 0.4) is 0 Å². The Labute approximate surface area is 151 Å². The number of nitrogens with zero attached hydrogens (tertiary/aromatic N) is 2. The van der Waals surface area contributed by atoms with Gasteiger partial charge in [-0.05, 0) is 17.7 Å². The molecule has 0 amide bonds. The van der Waals surface area contributed by atoms with Crippen LogP contribution < -0.4 is 5.32 Å². The first-order valence-corrected chi connectivity index (χ1v) is 9.01. The van der Waals surface area contributed by atoms with Gasteiger partial charge in [0.1, 0.15) is 0 Å². The first kappa shape index (κ1) is 15.5. The number of hydrogen-bond acceptors (Lipinski definition) is 4. The maximum atomic E-state index is 4.75. The number of nitrogens with one attached hydrogen (secondary N) is 1. The topological polar surface area (TPSA) is 37.8 Å². The first-order valence-electron chi connectivity index (χ1n) is 8.13. The molecule has 122 valence electrons. The summed E-state index contributed by atoms with van der Waals surface area (Å²) in [4.78, 5) is 9.28. The second-order valence-electron chi connectivity index (χ2n) is 5.65. The van der Waals surface area contributed by atoms with Gasteiger partial charge >= 0.3 is 0 Å². The van der Waals surface area contributed by atoms with Gasteiger partial charge in [-0.1, -0.05) is 66.7 Å². The number of thiazole rings is 1. The standard InChI is InChI=1S/C21H17N3S/c1-3-9-16(10-4-1)19-15-25-21(23-19)24-20(17-11-5-2-6-12-17)18-13-7-8-14-22-18/h1-15,20H,(H,23,24). The Balaban J connectivity index is 1.65. The Morgan fingerprint density at radius 3 is 2.24 bits per heavy atom. The van der Waals surface area contributed by atoms with Crippen LogP contribution in [-0.2, 0) is 0 Å². The van der Waals surface area contributed by atoms with E-state index >= 15 is 0 Å². The van der Waals surface area contributed by atoms with Gasteiger partial charge in [0, 0.05) is 17.1 Å². The van der Waals surface area contributed by atoms with Gasteiger partial charge in [-0.3, -0.25) is 4.98 Å². The Bertz CT molecular complexity index is 882. The van der Waals surface area contributed by atoms with Crippen LogP contribution in [0.15, 0.2) is 90.4 Å². The molecule has 4 aromatic rings. The van der Waals surface area contributed by atoms with E-state index in [1.165, 1.54) is 0 Å². The molecule has 1 unspecified atom stereocenters. The summed E-state index contributed by atoms with van der Waals surface area (Å²) >= 11 is 1.61. The van der Waals surface area contributed by atoms with Crippen molar-refractivity contribution in [3.8, 4) is 11.3 Å². The van der Waals surface area contributed by atoms with E-state index in [1.54, 1.807) is 11.3 Å². The third-order valence-corrected chi connectivity index (χ3v) is 4.73. The molecule has 0 bridgehead atoms. The molecular weight excluding hydrogens is 326 g/mol. The highest BCUT2D eigenvalue weighted by Crippen LogP contribution is 2.30. The third-order valence-electron chi connectivity index (χ3n) is 3.96. The molecular formula is C21H17N3S. The van der Waals surface area contributed by atoms with Gasteiger partial charge in [-0.15, -0.1) is 11.3 Å². The summed E-state index contributed by atoms with van der Waals surface area (Å²) in [5.41, 5.74) is 4.25. The van der Waals surface area contributed by atoms with Crippen LogP contribution in [0.25, 0.3) is 11.3 Å². The van der Waals surface area contributed by atoms with Crippen LogP contribution >= 0.6 is 11.3 Å². The quantitative estimate of drug-likeness (QED) is 0.527. The van der Waals surface area contributed by atoms with Crippen molar-refractivity contribution in [1.82, 2.24) is 9.97 Å². The fourth-order valence-electron chi connectivity index (χ4n) is 2.73. The first-order chi connectivity index (χ1) is 12.4. The molecule has 0 aliphatic carbocycles. The SMILES string of the molecule is c1ccc(-c2csc(NC(c3ccccc3)c3ccccn3)n2)cc1. The Morgan fingerprint density at radius 2 is 1.52 bits per heavy atom. The largest absolute Gasteiger partial charge is 0.349 e. The van der Waals surface area contributed by atoms with Crippen molar-refractivity contribution in [3.63, 3.8) is 0 Å². The lowest BCUT2D eigenvalue weighted by Gasteiger charge is -2.18. The predicted molar refractivity (Wildman–Crippen MR) is 104 cm³/mol. The number of pyridine rings is 1. The molecule has 3 nitrogen and oxygen atoms in total. The molecule has 2 heterocycles. The molecule has 4 heteroatoms. The zero-order chi connectivity index (χ0) is 16.9. The minimum absolute atomic E-state index is 0.0304. The summed E-state index contributed by atoms with van der Waals surface area (Å²) in [5.74, 6) is 0. The highest BCUT2D eigenvalue weighted by molar-refractivity contribution is 7.14. The molecule has 2 aromatic heterocycles. The summed E-state index contributed by atoms with van der Waals surface area (Å²) in [5, 5.41) is 6.52. The summed E-state index contributed by atoms with van der Waals surface area (Å²) in [7, 11) is 0.